The standard InChI is InChI=1S/C7H10NOP/c8-7-3-1-6(2-4-7)5-10-9/h1-4,9-10H,5,8H2. The summed E-state index contributed by atoms with van der Waals surface area (Å²) in [5.41, 5.74) is 7.37. The summed E-state index contributed by atoms with van der Waals surface area (Å²) in [6.45, 7) is 0. The van der Waals surface area contributed by atoms with Gasteiger partial charge in [0.1, 0.15) is 0 Å². The summed E-state index contributed by atoms with van der Waals surface area (Å²) in [6.07, 6.45) is 0.736. The minimum absolute atomic E-state index is 0.00881. The van der Waals surface area contributed by atoms with Crippen molar-refractivity contribution in [3.63, 3.8) is 0 Å². The van der Waals surface area contributed by atoms with Crippen LogP contribution in [0.15, 0.2) is 24.3 Å². The minimum Gasteiger partial charge on any atom is -0.399 e. The summed E-state index contributed by atoms with van der Waals surface area (Å²) in [6, 6.07) is 7.54. The maximum atomic E-state index is 8.59. The summed E-state index contributed by atoms with van der Waals surface area (Å²) in [7, 11) is -0.00881. The van der Waals surface area contributed by atoms with E-state index in [1.54, 1.807) is 0 Å². The smallest absolute Gasteiger partial charge is 0.0314 e. The Bertz CT molecular complexity index is 197. The van der Waals surface area contributed by atoms with E-state index >= 15 is 0 Å². The predicted molar refractivity (Wildman–Crippen MR) is 45.1 cm³/mol. The van der Waals surface area contributed by atoms with Gasteiger partial charge in [0, 0.05) is 20.7 Å². The van der Waals surface area contributed by atoms with E-state index in [2.05, 4.69) is 0 Å². The van der Waals surface area contributed by atoms with Crippen LogP contribution in [0.25, 0.3) is 0 Å². The fourth-order valence-corrected chi connectivity index (χ4v) is 1.15. The highest BCUT2D eigenvalue weighted by Gasteiger charge is 1.89. The molecule has 0 aliphatic heterocycles. The van der Waals surface area contributed by atoms with Crippen LogP contribution in [0.3, 0.4) is 0 Å². The first-order chi connectivity index (χ1) is 4.83. The van der Waals surface area contributed by atoms with Crippen LogP contribution < -0.4 is 5.73 Å². The van der Waals surface area contributed by atoms with Crippen molar-refractivity contribution < 1.29 is 4.89 Å². The molecule has 2 nitrogen and oxygen atoms in total. The fraction of sp³-hybridized carbons (Fsp3) is 0.143. The summed E-state index contributed by atoms with van der Waals surface area (Å²) < 4.78 is 0. The first kappa shape index (κ1) is 7.52. The van der Waals surface area contributed by atoms with Gasteiger partial charge in [0.05, 0.1) is 0 Å². The van der Waals surface area contributed by atoms with E-state index in [0.29, 0.717) is 0 Å². The molecular formula is C7H10NOP. The number of hydrogen-bond acceptors (Lipinski definition) is 2. The van der Waals surface area contributed by atoms with Crippen molar-refractivity contribution in [1.29, 1.82) is 0 Å². The zero-order valence-electron chi connectivity index (χ0n) is 5.54. The lowest BCUT2D eigenvalue weighted by atomic mass is 10.2. The number of benzene rings is 1. The Labute approximate surface area is 61.9 Å². The molecule has 10 heavy (non-hydrogen) atoms. The molecule has 1 aromatic carbocycles. The average Bonchev–Trinajstić information content (AvgIpc) is 1.95. The van der Waals surface area contributed by atoms with Crippen molar-refractivity contribution >= 4 is 14.5 Å². The van der Waals surface area contributed by atoms with Crippen LogP contribution >= 0.6 is 8.81 Å². The molecule has 0 fully saturated rings. The Morgan fingerprint density at radius 1 is 1.30 bits per heavy atom. The van der Waals surface area contributed by atoms with Crippen LogP contribution in [0.4, 0.5) is 5.69 Å². The Morgan fingerprint density at radius 2 is 1.90 bits per heavy atom. The van der Waals surface area contributed by atoms with E-state index in [1.165, 1.54) is 0 Å². The molecule has 0 saturated carbocycles. The molecule has 54 valence electrons. The molecule has 0 amide bonds. The van der Waals surface area contributed by atoms with E-state index in [9.17, 15) is 0 Å². The van der Waals surface area contributed by atoms with Crippen molar-refractivity contribution in [2.24, 2.45) is 0 Å². The third-order valence-corrected chi connectivity index (χ3v) is 1.83. The third-order valence-electron chi connectivity index (χ3n) is 1.26. The number of hydrogen-bond donors (Lipinski definition) is 2. The molecule has 1 atom stereocenters. The molecule has 0 radical (unpaired) electrons. The number of nitrogens with two attached hydrogens (primary N) is 1. The van der Waals surface area contributed by atoms with Gasteiger partial charge in [0.25, 0.3) is 0 Å². The zero-order valence-corrected chi connectivity index (χ0v) is 6.54. The lowest BCUT2D eigenvalue weighted by Crippen LogP contribution is -1.84. The van der Waals surface area contributed by atoms with E-state index in [0.717, 1.165) is 17.4 Å². The Hall–Kier alpha value is -0.590. The second-order valence-electron chi connectivity index (χ2n) is 2.08. The fourth-order valence-electron chi connectivity index (χ4n) is 0.727. The topological polar surface area (TPSA) is 46.2 Å². The highest BCUT2D eigenvalue weighted by atomic mass is 31.1. The van der Waals surface area contributed by atoms with Crippen molar-refractivity contribution in [2.45, 2.75) is 6.16 Å². The summed E-state index contributed by atoms with van der Waals surface area (Å²) in [4.78, 5) is 8.59. The van der Waals surface area contributed by atoms with Crippen molar-refractivity contribution in [1.82, 2.24) is 0 Å². The van der Waals surface area contributed by atoms with Gasteiger partial charge in [0.2, 0.25) is 0 Å². The number of rotatable bonds is 2. The number of nitrogen functional groups attached to an aromatic ring is 1. The second-order valence-corrected chi connectivity index (χ2v) is 2.75. The normalized spacial score (nSPS) is 10.9. The van der Waals surface area contributed by atoms with E-state index in [4.69, 9.17) is 10.6 Å². The first-order valence-electron chi connectivity index (χ1n) is 3.04. The maximum Gasteiger partial charge on any atom is 0.0314 e. The van der Waals surface area contributed by atoms with E-state index < -0.39 is 0 Å². The maximum absolute atomic E-state index is 8.59. The van der Waals surface area contributed by atoms with Crippen molar-refractivity contribution in [2.75, 3.05) is 5.73 Å². The Kier molecular flexibility index (Phi) is 2.67. The van der Waals surface area contributed by atoms with Gasteiger partial charge >= 0.3 is 0 Å². The van der Waals surface area contributed by atoms with Crippen LogP contribution in [0.5, 0.6) is 0 Å². The van der Waals surface area contributed by atoms with Gasteiger partial charge < -0.3 is 10.6 Å². The molecule has 0 aliphatic carbocycles. The molecule has 0 spiro atoms. The van der Waals surface area contributed by atoms with Gasteiger partial charge in [-0.15, -0.1) is 0 Å². The number of anilines is 1. The van der Waals surface area contributed by atoms with Gasteiger partial charge in [0.15, 0.2) is 0 Å². The molecule has 0 saturated heterocycles. The van der Waals surface area contributed by atoms with Gasteiger partial charge in [-0.25, -0.2) is 0 Å². The summed E-state index contributed by atoms with van der Waals surface area (Å²) >= 11 is 0. The van der Waals surface area contributed by atoms with Crippen LogP contribution in [-0.2, 0) is 6.16 Å². The van der Waals surface area contributed by atoms with Crippen LogP contribution in [0.1, 0.15) is 5.56 Å². The van der Waals surface area contributed by atoms with Crippen molar-refractivity contribution in [3.05, 3.63) is 29.8 Å². The molecule has 0 aromatic heterocycles. The average molecular weight is 155 g/mol. The quantitative estimate of drug-likeness (QED) is 0.500. The lowest BCUT2D eigenvalue weighted by molar-refractivity contribution is 0.644. The van der Waals surface area contributed by atoms with Crippen LogP contribution in [0.2, 0.25) is 0 Å². The SMILES string of the molecule is Nc1ccc(CPO)cc1. The molecule has 3 heteroatoms. The van der Waals surface area contributed by atoms with Crippen LogP contribution in [0, 0.1) is 0 Å². The van der Waals surface area contributed by atoms with Gasteiger partial charge in [-0.1, -0.05) is 12.1 Å². The third kappa shape index (κ3) is 1.98. The van der Waals surface area contributed by atoms with Gasteiger partial charge in [-0.05, 0) is 17.7 Å². The molecule has 0 aliphatic rings. The second kappa shape index (κ2) is 3.55. The van der Waals surface area contributed by atoms with Crippen LogP contribution in [-0.4, -0.2) is 4.89 Å². The van der Waals surface area contributed by atoms with E-state index in [-0.39, 0.29) is 8.81 Å². The molecular weight excluding hydrogens is 145 g/mol. The molecule has 0 heterocycles. The Balaban J connectivity index is 2.69. The molecule has 1 aromatic rings. The zero-order chi connectivity index (χ0) is 7.40. The van der Waals surface area contributed by atoms with Gasteiger partial charge in [-0.3, -0.25) is 0 Å². The largest absolute Gasteiger partial charge is 0.399 e. The Morgan fingerprint density at radius 3 is 2.40 bits per heavy atom. The summed E-state index contributed by atoms with van der Waals surface area (Å²) in [5.74, 6) is 0. The molecule has 1 rings (SSSR count). The molecule has 1 unspecified atom stereocenters. The van der Waals surface area contributed by atoms with E-state index in [1.807, 2.05) is 24.3 Å². The molecule has 0 bridgehead atoms. The van der Waals surface area contributed by atoms with Gasteiger partial charge in [-0.2, -0.15) is 0 Å². The lowest BCUT2D eigenvalue weighted by Gasteiger charge is -1.96. The first-order valence-corrected chi connectivity index (χ1v) is 4.20. The summed E-state index contributed by atoms with van der Waals surface area (Å²) in [5, 5.41) is 0. The highest BCUT2D eigenvalue weighted by Crippen LogP contribution is 2.14. The molecule has 3 N–H and O–H groups in total. The minimum atomic E-state index is -0.00881. The monoisotopic (exact) mass is 155 g/mol. The predicted octanol–water partition coefficient (Wildman–Crippen LogP) is 1.35. The van der Waals surface area contributed by atoms with Crippen molar-refractivity contribution in [3.8, 4) is 0 Å². The highest BCUT2D eigenvalue weighted by molar-refractivity contribution is 7.30.